The largest absolute Gasteiger partial charge is 0.397 e. The van der Waals surface area contributed by atoms with Crippen LogP contribution in [-0.2, 0) is 14.8 Å². The molecule has 0 heterocycles. The van der Waals surface area contributed by atoms with Gasteiger partial charge in [0.1, 0.15) is 0 Å². The first-order valence-electron chi connectivity index (χ1n) is 5.47. The summed E-state index contributed by atoms with van der Waals surface area (Å²) in [4.78, 5) is 0. The average molecular weight is 293 g/mol. The predicted molar refractivity (Wildman–Crippen MR) is 74.4 cm³/mol. The Hall–Kier alpha value is -0.980. The molecule has 0 amide bonds. The summed E-state index contributed by atoms with van der Waals surface area (Å²) in [7, 11) is -3.43. The smallest absolute Gasteiger partial charge is 0.235 e. The Morgan fingerprint density at radius 3 is 2.67 bits per heavy atom. The van der Waals surface area contributed by atoms with Crippen LogP contribution in [0, 0.1) is 0 Å². The molecule has 0 aliphatic heterocycles. The van der Waals surface area contributed by atoms with E-state index >= 15 is 0 Å². The molecule has 0 saturated heterocycles. The highest BCUT2D eigenvalue weighted by Crippen LogP contribution is 2.22. The number of anilines is 2. The van der Waals surface area contributed by atoms with E-state index in [0.29, 0.717) is 16.4 Å². The minimum atomic E-state index is -3.43. The van der Waals surface area contributed by atoms with Crippen LogP contribution < -0.4 is 10.5 Å². The lowest BCUT2D eigenvalue weighted by Crippen LogP contribution is -2.21. The Bertz CT molecular complexity index is 503. The summed E-state index contributed by atoms with van der Waals surface area (Å²) in [5.41, 5.74) is 6.31. The molecule has 102 valence electrons. The van der Waals surface area contributed by atoms with E-state index in [1.807, 2.05) is 13.8 Å². The minimum absolute atomic E-state index is 0.00590. The van der Waals surface area contributed by atoms with E-state index in [2.05, 4.69) is 4.72 Å². The molecule has 0 fully saturated rings. The van der Waals surface area contributed by atoms with Gasteiger partial charge in [-0.3, -0.25) is 4.72 Å². The number of nitrogens with one attached hydrogen (secondary N) is 1. The highest BCUT2D eigenvalue weighted by atomic mass is 35.5. The SMILES string of the molecule is CC(C)OCCS(=O)(=O)Nc1ccc(Cl)c(N)c1. The molecule has 0 aliphatic carbocycles. The molecule has 0 spiro atoms. The van der Waals surface area contributed by atoms with Gasteiger partial charge in [0.25, 0.3) is 0 Å². The zero-order chi connectivity index (χ0) is 13.8. The van der Waals surface area contributed by atoms with Gasteiger partial charge < -0.3 is 10.5 Å². The standard InChI is InChI=1S/C11H17ClN2O3S/c1-8(2)17-5-6-18(15,16)14-9-3-4-10(12)11(13)7-9/h3-4,7-8,14H,5-6,13H2,1-2H3. The number of hydrogen-bond acceptors (Lipinski definition) is 4. The number of nitrogens with two attached hydrogens (primary N) is 1. The van der Waals surface area contributed by atoms with Crippen molar-refractivity contribution < 1.29 is 13.2 Å². The molecular weight excluding hydrogens is 276 g/mol. The van der Waals surface area contributed by atoms with Crippen LogP contribution in [0.2, 0.25) is 5.02 Å². The van der Waals surface area contributed by atoms with E-state index < -0.39 is 10.0 Å². The molecule has 0 saturated carbocycles. The Morgan fingerprint density at radius 1 is 1.44 bits per heavy atom. The Morgan fingerprint density at radius 2 is 2.11 bits per heavy atom. The van der Waals surface area contributed by atoms with E-state index in [9.17, 15) is 8.42 Å². The van der Waals surface area contributed by atoms with Gasteiger partial charge in [-0.1, -0.05) is 11.6 Å². The highest BCUT2D eigenvalue weighted by molar-refractivity contribution is 7.92. The summed E-state index contributed by atoms with van der Waals surface area (Å²) in [6, 6.07) is 4.57. The second-order valence-electron chi connectivity index (χ2n) is 4.08. The van der Waals surface area contributed by atoms with E-state index in [0.717, 1.165) is 0 Å². The van der Waals surface area contributed by atoms with Gasteiger partial charge in [0.05, 0.1) is 34.9 Å². The van der Waals surface area contributed by atoms with E-state index in [-0.39, 0.29) is 18.5 Å². The number of benzene rings is 1. The van der Waals surface area contributed by atoms with Crippen molar-refractivity contribution in [2.24, 2.45) is 0 Å². The van der Waals surface area contributed by atoms with Gasteiger partial charge in [0.15, 0.2) is 0 Å². The lowest BCUT2D eigenvalue weighted by Gasteiger charge is -2.10. The average Bonchev–Trinajstić information content (AvgIpc) is 2.22. The van der Waals surface area contributed by atoms with Crippen LogP contribution in [0.5, 0.6) is 0 Å². The van der Waals surface area contributed by atoms with Gasteiger partial charge in [-0.15, -0.1) is 0 Å². The lowest BCUT2D eigenvalue weighted by atomic mass is 10.3. The molecule has 1 rings (SSSR count). The van der Waals surface area contributed by atoms with E-state index in [1.54, 1.807) is 12.1 Å². The van der Waals surface area contributed by atoms with Crippen LogP contribution in [0.25, 0.3) is 0 Å². The molecule has 0 aromatic heterocycles. The Balaban J connectivity index is 2.62. The molecule has 0 aliphatic rings. The monoisotopic (exact) mass is 292 g/mol. The zero-order valence-corrected chi connectivity index (χ0v) is 11.9. The highest BCUT2D eigenvalue weighted by Gasteiger charge is 2.11. The Labute approximate surface area is 112 Å². The van der Waals surface area contributed by atoms with Crippen molar-refractivity contribution in [2.75, 3.05) is 22.8 Å². The van der Waals surface area contributed by atoms with Gasteiger partial charge in [-0.2, -0.15) is 0 Å². The van der Waals surface area contributed by atoms with Crippen LogP contribution >= 0.6 is 11.6 Å². The maximum Gasteiger partial charge on any atom is 0.235 e. The number of ether oxygens (including phenoxy) is 1. The van der Waals surface area contributed by atoms with Crippen molar-refractivity contribution in [3.05, 3.63) is 23.2 Å². The van der Waals surface area contributed by atoms with Gasteiger partial charge in [-0.05, 0) is 32.0 Å². The molecule has 5 nitrogen and oxygen atoms in total. The summed E-state index contributed by atoms with van der Waals surface area (Å²) in [5.74, 6) is -0.103. The molecule has 0 unspecified atom stereocenters. The number of rotatable bonds is 6. The third kappa shape index (κ3) is 5.12. The van der Waals surface area contributed by atoms with Crippen molar-refractivity contribution in [2.45, 2.75) is 20.0 Å². The van der Waals surface area contributed by atoms with Gasteiger partial charge in [-0.25, -0.2) is 8.42 Å². The fourth-order valence-electron chi connectivity index (χ4n) is 1.23. The minimum Gasteiger partial charge on any atom is -0.397 e. The fraction of sp³-hybridized carbons (Fsp3) is 0.455. The van der Waals surface area contributed by atoms with Crippen LogP contribution in [0.1, 0.15) is 13.8 Å². The predicted octanol–water partition coefficient (Wildman–Crippen LogP) is 2.09. The second-order valence-corrected chi connectivity index (χ2v) is 6.33. The number of hydrogen-bond donors (Lipinski definition) is 2. The molecule has 7 heteroatoms. The van der Waals surface area contributed by atoms with Crippen molar-refractivity contribution in [1.82, 2.24) is 0 Å². The van der Waals surface area contributed by atoms with Crippen LogP contribution in [-0.4, -0.2) is 26.9 Å². The molecule has 0 bridgehead atoms. The quantitative estimate of drug-likeness (QED) is 0.787. The third-order valence-electron chi connectivity index (χ3n) is 2.07. The van der Waals surface area contributed by atoms with Gasteiger partial charge >= 0.3 is 0 Å². The summed E-state index contributed by atoms with van der Waals surface area (Å²) < 4.78 is 31.0. The third-order valence-corrected chi connectivity index (χ3v) is 3.67. The Kier molecular flexibility index (Phi) is 5.25. The van der Waals surface area contributed by atoms with Crippen molar-refractivity contribution in [1.29, 1.82) is 0 Å². The second kappa shape index (κ2) is 6.26. The van der Waals surface area contributed by atoms with Crippen molar-refractivity contribution >= 4 is 33.0 Å². The summed E-state index contributed by atoms with van der Waals surface area (Å²) in [5, 5.41) is 0.390. The van der Waals surface area contributed by atoms with Crippen molar-refractivity contribution in [3.63, 3.8) is 0 Å². The molecule has 0 radical (unpaired) electrons. The molecule has 18 heavy (non-hydrogen) atoms. The number of halogens is 1. The molecule has 0 atom stereocenters. The fourth-order valence-corrected chi connectivity index (χ4v) is 2.25. The molecule has 3 N–H and O–H groups in total. The maximum atomic E-state index is 11.7. The van der Waals surface area contributed by atoms with Crippen LogP contribution in [0.3, 0.4) is 0 Å². The first-order chi connectivity index (χ1) is 8.30. The van der Waals surface area contributed by atoms with E-state index in [4.69, 9.17) is 22.1 Å². The van der Waals surface area contributed by atoms with Gasteiger partial charge in [0, 0.05) is 0 Å². The van der Waals surface area contributed by atoms with Gasteiger partial charge in [0.2, 0.25) is 10.0 Å². The molecule has 1 aromatic carbocycles. The molecule has 1 aromatic rings. The number of sulfonamides is 1. The zero-order valence-electron chi connectivity index (χ0n) is 10.3. The van der Waals surface area contributed by atoms with Crippen molar-refractivity contribution in [3.8, 4) is 0 Å². The lowest BCUT2D eigenvalue weighted by molar-refractivity contribution is 0.0913. The summed E-state index contributed by atoms with van der Waals surface area (Å²) in [6.07, 6.45) is 0.00590. The topological polar surface area (TPSA) is 81.4 Å². The van der Waals surface area contributed by atoms with Crippen LogP contribution in [0.4, 0.5) is 11.4 Å². The first-order valence-corrected chi connectivity index (χ1v) is 7.50. The van der Waals surface area contributed by atoms with Crippen LogP contribution in [0.15, 0.2) is 18.2 Å². The molecular formula is C11H17ClN2O3S. The van der Waals surface area contributed by atoms with E-state index in [1.165, 1.54) is 6.07 Å². The maximum absolute atomic E-state index is 11.7. The summed E-state index contributed by atoms with van der Waals surface area (Å²) in [6.45, 7) is 3.84. The summed E-state index contributed by atoms with van der Waals surface area (Å²) >= 11 is 5.75. The first kappa shape index (κ1) is 15.1. The number of nitrogen functional groups attached to an aromatic ring is 1. The normalized spacial score (nSPS) is 11.8.